The van der Waals surface area contributed by atoms with Gasteiger partial charge in [-0.25, -0.2) is 9.78 Å². The number of hydrogen-bond donors (Lipinski definition) is 4. The first-order valence-electron chi connectivity index (χ1n) is 9.31. The van der Waals surface area contributed by atoms with Crippen molar-refractivity contribution in [2.75, 3.05) is 55.5 Å². The van der Waals surface area contributed by atoms with Crippen LogP contribution in [-0.4, -0.2) is 82.5 Å². The van der Waals surface area contributed by atoms with Gasteiger partial charge in [0.15, 0.2) is 5.13 Å². The van der Waals surface area contributed by atoms with Crippen LogP contribution >= 0.6 is 11.3 Å². The van der Waals surface area contributed by atoms with E-state index in [4.69, 9.17) is 5.73 Å². The van der Waals surface area contributed by atoms with Crippen LogP contribution in [0, 0.1) is 0 Å². The van der Waals surface area contributed by atoms with E-state index >= 15 is 0 Å². The van der Waals surface area contributed by atoms with Crippen molar-refractivity contribution in [3.8, 4) is 0 Å². The summed E-state index contributed by atoms with van der Waals surface area (Å²) in [5, 5.41) is 3.25. The van der Waals surface area contributed by atoms with Crippen LogP contribution in [0.2, 0.25) is 0 Å². The van der Waals surface area contributed by atoms with Crippen LogP contribution < -0.4 is 26.8 Å². The van der Waals surface area contributed by atoms with Crippen molar-refractivity contribution >= 4 is 52.1 Å². The highest BCUT2D eigenvalue weighted by atomic mass is 32.1. The highest BCUT2D eigenvalue weighted by Gasteiger charge is 2.20. The number of amides is 2. The molecule has 2 aromatic heterocycles. The Morgan fingerprint density at radius 3 is 2.52 bits per heavy atom. The minimum absolute atomic E-state index is 0.00393. The molecule has 3 rings (SSSR count). The Labute approximate surface area is 181 Å². The standard InChI is InChI=1S/C16H22N10O4S/c1-3-30-12(29)11(28)23-24-14-19-13(22-16-18-8-9(31-16)10(17)27)20-15(21-14)26-6-4-25(2)5-7-26/h8H,3-7H2,1-2H3,(H2,17,27)(H,23,28)(H2,18,19,20,21,22,24). The van der Waals surface area contributed by atoms with Crippen molar-refractivity contribution in [1.29, 1.82) is 0 Å². The first-order chi connectivity index (χ1) is 14.9. The minimum Gasteiger partial charge on any atom is -0.459 e. The largest absolute Gasteiger partial charge is 0.459 e. The summed E-state index contributed by atoms with van der Waals surface area (Å²) in [4.78, 5) is 55.9. The molecule has 0 atom stereocenters. The van der Waals surface area contributed by atoms with E-state index in [0.29, 0.717) is 24.2 Å². The summed E-state index contributed by atoms with van der Waals surface area (Å²) in [6.07, 6.45) is 1.34. The monoisotopic (exact) mass is 450 g/mol. The molecule has 0 radical (unpaired) electrons. The van der Waals surface area contributed by atoms with Gasteiger partial charge < -0.3 is 20.3 Å². The molecule has 0 aliphatic carbocycles. The number of nitrogens with two attached hydrogens (primary N) is 1. The van der Waals surface area contributed by atoms with E-state index in [1.807, 2.05) is 11.9 Å². The molecule has 31 heavy (non-hydrogen) atoms. The van der Waals surface area contributed by atoms with Gasteiger partial charge in [-0.05, 0) is 14.0 Å². The number of esters is 1. The molecule has 0 spiro atoms. The third kappa shape index (κ3) is 5.95. The normalized spacial score (nSPS) is 14.1. The Balaban J connectivity index is 1.80. The number of hydrogen-bond acceptors (Lipinski definition) is 13. The molecule has 15 heteroatoms. The summed E-state index contributed by atoms with van der Waals surface area (Å²) in [7, 11) is 2.02. The highest BCUT2D eigenvalue weighted by Crippen LogP contribution is 2.22. The van der Waals surface area contributed by atoms with E-state index in [-0.39, 0.29) is 23.4 Å². The lowest BCUT2D eigenvalue weighted by molar-refractivity contribution is -0.154. The van der Waals surface area contributed by atoms with Gasteiger partial charge in [0, 0.05) is 26.2 Å². The van der Waals surface area contributed by atoms with Gasteiger partial charge in [-0.15, -0.1) is 0 Å². The summed E-state index contributed by atoms with van der Waals surface area (Å²) >= 11 is 1.04. The van der Waals surface area contributed by atoms with Crippen LogP contribution in [-0.2, 0) is 14.3 Å². The molecule has 166 valence electrons. The van der Waals surface area contributed by atoms with Crippen LogP contribution in [0.1, 0.15) is 16.6 Å². The van der Waals surface area contributed by atoms with Gasteiger partial charge in [0.25, 0.3) is 5.91 Å². The Hall–Kier alpha value is -3.59. The Morgan fingerprint density at radius 1 is 1.16 bits per heavy atom. The molecule has 2 aromatic rings. The van der Waals surface area contributed by atoms with Gasteiger partial charge in [0.2, 0.25) is 17.8 Å². The number of nitrogens with one attached hydrogen (secondary N) is 3. The molecule has 0 unspecified atom stereocenters. The zero-order chi connectivity index (χ0) is 22.4. The predicted molar refractivity (Wildman–Crippen MR) is 112 cm³/mol. The average Bonchev–Trinajstić information content (AvgIpc) is 3.21. The number of aromatic nitrogens is 4. The second kappa shape index (κ2) is 9.94. The van der Waals surface area contributed by atoms with Crippen LogP contribution in [0.4, 0.5) is 23.0 Å². The summed E-state index contributed by atoms with van der Waals surface area (Å²) in [5.41, 5.74) is 9.93. The lowest BCUT2D eigenvalue weighted by Crippen LogP contribution is -2.45. The number of thiazole rings is 1. The quantitative estimate of drug-likeness (QED) is 0.228. The second-order valence-electron chi connectivity index (χ2n) is 6.39. The Morgan fingerprint density at radius 2 is 1.87 bits per heavy atom. The number of piperazine rings is 1. The van der Waals surface area contributed by atoms with Crippen molar-refractivity contribution in [1.82, 2.24) is 30.3 Å². The SMILES string of the molecule is CCOC(=O)C(=O)NNc1nc(Nc2ncc(C(N)=O)s2)nc(N2CCN(C)CC2)n1. The van der Waals surface area contributed by atoms with E-state index in [2.05, 4.69) is 45.7 Å². The molecule has 0 aromatic carbocycles. The Bertz CT molecular complexity index is 960. The van der Waals surface area contributed by atoms with E-state index < -0.39 is 17.8 Å². The maximum absolute atomic E-state index is 11.8. The zero-order valence-electron chi connectivity index (χ0n) is 16.9. The van der Waals surface area contributed by atoms with Gasteiger partial charge in [0.05, 0.1) is 12.8 Å². The molecule has 1 fully saturated rings. The molecular weight excluding hydrogens is 428 g/mol. The minimum atomic E-state index is -1.04. The molecule has 5 N–H and O–H groups in total. The summed E-state index contributed by atoms with van der Waals surface area (Å²) in [6.45, 7) is 4.69. The van der Waals surface area contributed by atoms with Crippen molar-refractivity contribution in [3.63, 3.8) is 0 Å². The van der Waals surface area contributed by atoms with Gasteiger partial charge in [-0.2, -0.15) is 15.0 Å². The van der Waals surface area contributed by atoms with Crippen molar-refractivity contribution in [3.05, 3.63) is 11.1 Å². The molecule has 1 aliphatic rings. The van der Waals surface area contributed by atoms with Gasteiger partial charge in [-0.3, -0.25) is 25.8 Å². The molecule has 1 aliphatic heterocycles. The first-order valence-corrected chi connectivity index (χ1v) is 10.1. The van der Waals surface area contributed by atoms with E-state index in [0.717, 1.165) is 24.4 Å². The smallest absolute Gasteiger partial charge is 0.398 e. The first kappa shape index (κ1) is 22.1. The number of anilines is 4. The molecular formula is C16H22N10O4S. The fourth-order valence-corrected chi connectivity index (χ4v) is 3.19. The topological polar surface area (TPSA) is 181 Å². The molecule has 3 heterocycles. The number of carbonyl (C=O) groups excluding carboxylic acids is 3. The third-order valence-corrected chi connectivity index (χ3v) is 5.05. The third-order valence-electron chi connectivity index (χ3n) is 4.13. The van der Waals surface area contributed by atoms with Crippen LogP contribution in [0.15, 0.2) is 6.20 Å². The molecule has 0 saturated carbocycles. The number of carbonyl (C=O) groups is 3. The van der Waals surface area contributed by atoms with E-state index in [1.54, 1.807) is 6.92 Å². The number of likely N-dealkylation sites (N-methyl/N-ethyl adjacent to an activating group) is 1. The van der Waals surface area contributed by atoms with Crippen molar-refractivity contribution < 1.29 is 19.1 Å². The molecule has 0 bridgehead atoms. The van der Waals surface area contributed by atoms with E-state index in [1.165, 1.54) is 6.20 Å². The van der Waals surface area contributed by atoms with Crippen molar-refractivity contribution in [2.24, 2.45) is 5.73 Å². The maximum atomic E-state index is 11.8. The summed E-state index contributed by atoms with van der Waals surface area (Å²) < 4.78 is 4.63. The highest BCUT2D eigenvalue weighted by molar-refractivity contribution is 7.17. The van der Waals surface area contributed by atoms with Crippen molar-refractivity contribution in [2.45, 2.75) is 6.92 Å². The predicted octanol–water partition coefficient (Wildman–Crippen LogP) is -1.07. The fraction of sp³-hybridized carbons (Fsp3) is 0.438. The number of rotatable bonds is 7. The van der Waals surface area contributed by atoms with Crippen LogP contribution in [0.25, 0.3) is 0 Å². The van der Waals surface area contributed by atoms with Crippen LogP contribution in [0.5, 0.6) is 0 Å². The number of hydrazine groups is 1. The number of ether oxygens (including phenoxy) is 1. The zero-order valence-corrected chi connectivity index (χ0v) is 17.7. The second-order valence-corrected chi connectivity index (χ2v) is 7.42. The molecule has 1 saturated heterocycles. The van der Waals surface area contributed by atoms with Gasteiger partial charge in [0.1, 0.15) is 4.88 Å². The van der Waals surface area contributed by atoms with Gasteiger partial charge >= 0.3 is 11.9 Å². The summed E-state index contributed by atoms with van der Waals surface area (Å²) in [5.74, 6) is -2.14. The van der Waals surface area contributed by atoms with E-state index in [9.17, 15) is 14.4 Å². The number of nitrogens with zero attached hydrogens (tertiary/aromatic N) is 6. The lowest BCUT2D eigenvalue weighted by atomic mass is 10.3. The fourth-order valence-electron chi connectivity index (χ4n) is 2.53. The average molecular weight is 450 g/mol. The molecule has 14 nitrogen and oxygen atoms in total. The Kier molecular flexibility index (Phi) is 7.09. The van der Waals surface area contributed by atoms with Crippen LogP contribution in [0.3, 0.4) is 0 Å². The van der Waals surface area contributed by atoms with Gasteiger partial charge in [-0.1, -0.05) is 11.3 Å². The number of primary amides is 1. The maximum Gasteiger partial charge on any atom is 0.398 e. The lowest BCUT2D eigenvalue weighted by Gasteiger charge is -2.32. The summed E-state index contributed by atoms with van der Waals surface area (Å²) in [6, 6.07) is 0. The molecule has 2 amide bonds.